The molecule has 0 unspecified atom stereocenters. The first-order valence-electron chi connectivity index (χ1n) is 7.25. The summed E-state index contributed by atoms with van der Waals surface area (Å²) in [7, 11) is 1.48. The van der Waals surface area contributed by atoms with E-state index in [-0.39, 0.29) is 0 Å². The molecule has 0 amide bonds. The third kappa shape index (κ3) is 4.25. The van der Waals surface area contributed by atoms with Gasteiger partial charge in [-0.2, -0.15) is 0 Å². The van der Waals surface area contributed by atoms with Crippen molar-refractivity contribution in [3.8, 4) is 5.75 Å². The van der Waals surface area contributed by atoms with Gasteiger partial charge in [0.15, 0.2) is 0 Å². The van der Waals surface area contributed by atoms with Crippen molar-refractivity contribution in [1.82, 2.24) is 0 Å². The Morgan fingerprint density at radius 1 is 1.33 bits per heavy atom. The predicted molar refractivity (Wildman–Crippen MR) is 82.1 cm³/mol. The maximum atomic E-state index is 12.1. The van der Waals surface area contributed by atoms with E-state index in [4.69, 9.17) is 26.8 Å². The van der Waals surface area contributed by atoms with E-state index >= 15 is 0 Å². The highest BCUT2D eigenvalue weighted by atomic mass is 35.5. The van der Waals surface area contributed by atoms with Crippen LogP contribution in [-0.2, 0) is 4.74 Å². The van der Waals surface area contributed by atoms with Crippen LogP contribution in [0.2, 0.25) is 5.02 Å². The quantitative estimate of drug-likeness (QED) is 0.632. The lowest BCUT2D eigenvalue weighted by atomic mass is 10.1. The van der Waals surface area contributed by atoms with Crippen LogP contribution in [0.4, 0.5) is 5.69 Å². The molecule has 6 heteroatoms. The molecule has 1 saturated heterocycles. The van der Waals surface area contributed by atoms with E-state index < -0.39 is 5.97 Å². The van der Waals surface area contributed by atoms with Gasteiger partial charge in [-0.3, -0.25) is 0 Å². The number of carbonyl (C=O) groups excluding carboxylic acids is 1. The number of hydrogen-bond acceptors (Lipinski definition) is 4. The zero-order chi connectivity index (χ0) is 15.2. The molecule has 21 heavy (non-hydrogen) atoms. The molecule has 116 valence electrons. The van der Waals surface area contributed by atoms with Crippen molar-refractivity contribution in [1.29, 1.82) is 0 Å². The topological polar surface area (TPSA) is 66.0 Å². The Balaban J connectivity index is 1.92. The first-order valence-corrected chi connectivity index (χ1v) is 7.63. The van der Waals surface area contributed by atoms with Crippen LogP contribution in [0, 0.1) is 0 Å². The van der Waals surface area contributed by atoms with Crippen molar-refractivity contribution in [2.45, 2.75) is 19.3 Å². The highest BCUT2D eigenvalue weighted by Gasteiger charge is 2.18. The Hall–Kier alpha value is -1.46. The number of ether oxygens (including phenoxy) is 2. The fourth-order valence-corrected chi connectivity index (χ4v) is 2.73. The number of piperidine rings is 1. The average Bonchev–Trinajstić information content (AvgIpc) is 2.50. The van der Waals surface area contributed by atoms with Crippen LogP contribution in [0.1, 0.15) is 29.6 Å². The molecule has 1 aliphatic rings. The molecule has 0 atom stereocenters. The Kier molecular flexibility index (Phi) is 5.70. The Labute approximate surface area is 130 Å². The van der Waals surface area contributed by atoms with Crippen molar-refractivity contribution in [2.75, 3.05) is 39.1 Å². The molecule has 0 aromatic heterocycles. The molecular formula is C15H22ClN2O3+. The second kappa shape index (κ2) is 7.52. The van der Waals surface area contributed by atoms with Crippen molar-refractivity contribution in [3.63, 3.8) is 0 Å². The molecule has 3 N–H and O–H groups in total. The summed E-state index contributed by atoms with van der Waals surface area (Å²) < 4.78 is 10.5. The second-order valence-corrected chi connectivity index (χ2v) is 5.68. The Bertz CT molecular complexity index is 502. The number of nitrogens with two attached hydrogens (primary N) is 1. The van der Waals surface area contributed by atoms with E-state index in [0.717, 1.165) is 19.6 Å². The number of hydrogen-bond donors (Lipinski definition) is 2. The summed E-state index contributed by atoms with van der Waals surface area (Å²) in [5.74, 6) is -0.0441. The van der Waals surface area contributed by atoms with Crippen LogP contribution in [0.15, 0.2) is 12.1 Å². The maximum Gasteiger partial charge on any atom is 0.342 e. The summed E-state index contributed by atoms with van der Waals surface area (Å²) in [6.07, 6.45) is 3.82. The predicted octanol–water partition coefficient (Wildman–Crippen LogP) is 1.16. The zero-order valence-corrected chi connectivity index (χ0v) is 13.0. The van der Waals surface area contributed by atoms with E-state index in [1.165, 1.54) is 43.4 Å². The van der Waals surface area contributed by atoms with Gasteiger partial charge in [0, 0.05) is 6.07 Å². The minimum absolute atomic E-state index is 0.311. The largest absolute Gasteiger partial charge is 0.496 e. The number of halogens is 1. The number of esters is 1. The molecule has 0 aliphatic carbocycles. The normalized spacial score (nSPS) is 15.7. The molecule has 0 spiro atoms. The van der Waals surface area contributed by atoms with E-state index in [1.807, 2.05) is 0 Å². The SMILES string of the molecule is COc1cc(N)c(Cl)cc1C(=O)OCC[NH+]1CCCCC1. The number of methoxy groups -OCH3 is 1. The van der Waals surface area contributed by atoms with Gasteiger partial charge in [-0.15, -0.1) is 0 Å². The maximum absolute atomic E-state index is 12.1. The highest BCUT2D eigenvalue weighted by Crippen LogP contribution is 2.29. The lowest BCUT2D eigenvalue weighted by molar-refractivity contribution is -0.905. The van der Waals surface area contributed by atoms with Gasteiger partial charge < -0.3 is 20.1 Å². The van der Waals surface area contributed by atoms with Gasteiger partial charge in [0.05, 0.1) is 30.9 Å². The van der Waals surface area contributed by atoms with Crippen LogP contribution in [0.3, 0.4) is 0 Å². The van der Waals surface area contributed by atoms with Crippen LogP contribution in [0.25, 0.3) is 0 Å². The molecule has 1 heterocycles. The summed E-state index contributed by atoms with van der Waals surface area (Å²) >= 11 is 5.95. The van der Waals surface area contributed by atoms with E-state index in [2.05, 4.69) is 0 Å². The highest BCUT2D eigenvalue weighted by molar-refractivity contribution is 6.33. The number of nitrogen functional groups attached to an aromatic ring is 1. The smallest absolute Gasteiger partial charge is 0.342 e. The minimum atomic E-state index is -0.426. The first-order chi connectivity index (χ1) is 10.1. The molecule has 1 aromatic rings. The van der Waals surface area contributed by atoms with E-state index in [1.54, 1.807) is 0 Å². The Morgan fingerprint density at radius 2 is 2.05 bits per heavy atom. The van der Waals surface area contributed by atoms with Gasteiger partial charge in [-0.25, -0.2) is 4.79 Å². The van der Waals surface area contributed by atoms with E-state index in [0.29, 0.717) is 28.6 Å². The van der Waals surface area contributed by atoms with Gasteiger partial charge in [-0.1, -0.05) is 11.6 Å². The summed E-state index contributed by atoms with van der Waals surface area (Å²) in [5.41, 5.74) is 6.38. The number of benzene rings is 1. The number of quaternary nitrogens is 1. The molecule has 0 saturated carbocycles. The molecule has 0 bridgehead atoms. The fraction of sp³-hybridized carbons (Fsp3) is 0.533. The standard InChI is InChI=1S/C15H21ClN2O3/c1-20-14-10-13(17)12(16)9-11(14)15(19)21-8-7-18-5-3-2-4-6-18/h9-10H,2-8,17H2,1H3/p+1. The van der Waals surface area contributed by atoms with Crippen LogP contribution >= 0.6 is 11.6 Å². The average molecular weight is 314 g/mol. The van der Waals surface area contributed by atoms with Gasteiger partial charge in [0.2, 0.25) is 0 Å². The van der Waals surface area contributed by atoms with Crippen LogP contribution < -0.4 is 15.4 Å². The molecule has 1 aromatic carbocycles. The number of nitrogens with one attached hydrogen (secondary N) is 1. The summed E-state index contributed by atoms with van der Waals surface area (Å²) in [5, 5.41) is 0.324. The number of rotatable bonds is 5. The molecule has 2 rings (SSSR count). The summed E-state index contributed by atoms with van der Waals surface area (Å²) in [4.78, 5) is 13.6. The number of carbonyl (C=O) groups is 1. The summed E-state index contributed by atoms with van der Waals surface area (Å²) in [6, 6.07) is 3.03. The lowest BCUT2D eigenvalue weighted by Crippen LogP contribution is -3.13. The summed E-state index contributed by atoms with van der Waals surface area (Å²) in [6.45, 7) is 3.57. The van der Waals surface area contributed by atoms with Crippen molar-refractivity contribution >= 4 is 23.3 Å². The zero-order valence-electron chi connectivity index (χ0n) is 12.3. The van der Waals surface area contributed by atoms with Gasteiger partial charge >= 0.3 is 5.97 Å². The second-order valence-electron chi connectivity index (χ2n) is 5.27. The molecular weight excluding hydrogens is 292 g/mol. The van der Waals surface area contributed by atoms with Crippen LogP contribution in [-0.4, -0.2) is 39.3 Å². The first kappa shape index (κ1) is 15.9. The molecule has 1 aliphatic heterocycles. The minimum Gasteiger partial charge on any atom is -0.496 e. The van der Waals surface area contributed by atoms with E-state index in [9.17, 15) is 4.79 Å². The van der Waals surface area contributed by atoms with Crippen LogP contribution in [0.5, 0.6) is 5.75 Å². The number of likely N-dealkylation sites (tertiary alicyclic amines) is 1. The monoisotopic (exact) mass is 313 g/mol. The molecule has 1 fully saturated rings. The molecule has 5 nitrogen and oxygen atoms in total. The van der Waals surface area contributed by atoms with Gasteiger partial charge in [0.1, 0.15) is 24.5 Å². The fourth-order valence-electron chi connectivity index (χ4n) is 2.57. The van der Waals surface area contributed by atoms with Crippen molar-refractivity contribution in [2.24, 2.45) is 0 Å². The van der Waals surface area contributed by atoms with Crippen molar-refractivity contribution in [3.05, 3.63) is 22.7 Å². The Morgan fingerprint density at radius 3 is 2.71 bits per heavy atom. The lowest BCUT2D eigenvalue weighted by Gasteiger charge is -2.23. The third-order valence-electron chi connectivity index (χ3n) is 3.79. The number of anilines is 1. The third-order valence-corrected chi connectivity index (χ3v) is 4.12. The van der Waals surface area contributed by atoms with Crippen molar-refractivity contribution < 1.29 is 19.2 Å². The molecule has 0 radical (unpaired) electrons. The van der Waals surface area contributed by atoms with Gasteiger partial charge in [-0.05, 0) is 25.3 Å². The van der Waals surface area contributed by atoms with Gasteiger partial charge in [0.25, 0.3) is 0 Å².